The van der Waals surface area contributed by atoms with E-state index in [1.807, 2.05) is 0 Å². The van der Waals surface area contributed by atoms with Crippen molar-refractivity contribution in [3.05, 3.63) is 0 Å². The van der Waals surface area contributed by atoms with Gasteiger partial charge in [-0.2, -0.15) is 0 Å². The van der Waals surface area contributed by atoms with Gasteiger partial charge < -0.3 is 5.32 Å². The van der Waals surface area contributed by atoms with Crippen LogP contribution in [-0.4, -0.2) is 36.1 Å². The van der Waals surface area contributed by atoms with Crippen LogP contribution < -0.4 is 5.32 Å². The van der Waals surface area contributed by atoms with Gasteiger partial charge in [0.15, 0.2) is 0 Å². The Morgan fingerprint density at radius 3 is 2.47 bits per heavy atom. The lowest BCUT2D eigenvalue weighted by Crippen LogP contribution is -2.61. The van der Waals surface area contributed by atoms with Gasteiger partial charge >= 0.3 is 0 Å². The molecule has 6 atom stereocenters. The van der Waals surface area contributed by atoms with Crippen LogP contribution in [0.1, 0.15) is 60.3 Å². The third-order valence-corrected chi connectivity index (χ3v) is 6.14. The zero-order valence-corrected chi connectivity index (χ0v) is 13.7. The lowest BCUT2D eigenvalue weighted by Gasteiger charge is -2.46. The SMILES string of the molecule is CCC(C)C1CN(C2CCC(C)C2C)C(CC)CN1. The van der Waals surface area contributed by atoms with E-state index in [1.165, 1.54) is 38.8 Å². The van der Waals surface area contributed by atoms with Gasteiger partial charge in [0.05, 0.1) is 0 Å². The van der Waals surface area contributed by atoms with E-state index in [-0.39, 0.29) is 0 Å². The highest BCUT2D eigenvalue weighted by atomic mass is 15.3. The van der Waals surface area contributed by atoms with Crippen LogP contribution in [0.2, 0.25) is 0 Å². The fourth-order valence-electron chi connectivity index (χ4n) is 4.10. The lowest BCUT2D eigenvalue weighted by atomic mass is 9.90. The molecule has 1 N–H and O–H groups in total. The van der Waals surface area contributed by atoms with Crippen LogP contribution in [0.15, 0.2) is 0 Å². The summed E-state index contributed by atoms with van der Waals surface area (Å²) in [5.41, 5.74) is 0. The highest BCUT2D eigenvalue weighted by Gasteiger charge is 2.39. The lowest BCUT2D eigenvalue weighted by molar-refractivity contribution is 0.0467. The van der Waals surface area contributed by atoms with E-state index in [0.717, 1.165) is 29.8 Å². The molecule has 112 valence electrons. The maximum absolute atomic E-state index is 3.81. The van der Waals surface area contributed by atoms with Crippen molar-refractivity contribution in [2.45, 2.75) is 78.4 Å². The molecule has 2 fully saturated rings. The number of nitrogens with one attached hydrogen (secondary N) is 1. The van der Waals surface area contributed by atoms with E-state index in [1.54, 1.807) is 0 Å². The number of hydrogen-bond acceptors (Lipinski definition) is 2. The minimum absolute atomic E-state index is 0.705. The second kappa shape index (κ2) is 6.58. The highest BCUT2D eigenvalue weighted by molar-refractivity contribution is 4.95. The molecule has 2 rings (SSSR count). The van der Waals surface area contributed by atoms with E-state index < -0.39 is 0 Å². The first kappa shape index (κ1) is 15.3. The molecule has 0 amide bonds. The van der Waals surface area contributed by atoms with Gasteiger partial charge in [0.2, 0.25) is 0 Å². The first-order chi connectivity index (χ1) is 9.08. The van der Waals surface area contributed by atoms with Crippen molar-refractivity contribution in [3.8, 4) is 0 Å². The molecule has 0 aromatic heterocycles. The van der Waals surface area contributed by atoms with Crippen molar-refractivity contribution in [1.29, 1.82) is 0 Å². The van der Waals surface area contributed by atoms with Crippen LogP contribution in [0.4, 0.5) is 0 Å². The Balaban J connectivity index is 2.05. The fourth-order valence-corrected chi connectivity index (χ4v) is 4.10. The summed E-state index contributed by atoms with van der Waals surface area (Å²) in [7, 11) is 0. The van der Waals surface area contributed by atoms with E-state index >= 15 is 0 Å². The molecule has 1 aliphatic carbocycles. The van der Waals surface area contributed by atoms with Crippen LogP contribution in [0.5, 0.6) is 0 Å². The standard InChI is InChI=1S/C17H34N2/c1-6-12(3)16-11-19(15(7-2)10-18-16)17-9-8-13(4)14(17)5/h12-18H,6-11H2,1-5H3. The van der Waals surface area contributed by atoms with Crippen molar-refractivity contribution in [2.24, 2.45) is 17.8 Å². The number of hydrogen-bond donors (Lipinski definition) is 1. The van der Waals surface area contributed by atoms with Crippen molar-refractivity contribution < 1.29 is 0 Å². The molecule has 19 heavy (non-hydrogen) atoms. The van der Waals surface area contributed by atoms with Crippen LogP contribution in [0, 0.1) is 17.8 Å². The summed E-state index contributed by atoms with van der Waals surface area (Å²) in [5, 5.41) is 3.81. The number of rotatable bonds is 4. The van der Waals surface area contributed by atoms with Gasteiger partial charge in [0.1, 0.15) is 0 Å². The molecule has 0 aromatic carbocycles. The molecule has 6 unspecified atom stereocenters. The third-order valence-electron chi connectivity index (χ3n) is 6.14. The van der Waals surface area contributed by atoms with Gasteiger partial charge in [-0.25, -0.2) is 0 Å². The second-order valence-electron chi connectivity index (χ2n) is 7.14. The molecule has 1 aliphatic heterocycles. The van der Waals surface area contributed by atoms with Crippen molar-refractivity contribution in [1.82, 2.24) is 10.2 Å². The Morgan fingerprint density at radius 1 is 1.21 bits per heavy atom. The smallest absolute Gasteiger partial charge is 0.0221 e. The molecule has 1 heterocycles. The van der Waals surface area contributed by atoms with E-state index in [4.69, 9.17) is 0 Å². The first-order valence-corrected chi connectivity index (χ1v) is 8.57. The van der Waals surface area contributed by atoms with Crippen LogP contribution in [0.3, 0.4) is 0 Å². The molecule has 2 aliphatic rings. The van der Waals surface area contributed by atoms with Gasteiger partial charge in [-0.05, 0) is 37.0 Å². The van der Waals surface area contributed by atoms with Crippen LogP contribution >= 0.6 is 0 Å². The minimum Gasteiger partial charge on any atom is -0.311 e. The normalized spacial score (nSPS) is 42.5. The summed E-state index contributed by atoms with van der Waals surface area (Å²) in [6.45, 7) is 14.5. The first-order valence-electron chi connectivity index (χ1n) is 8.57. The van der Waals surface area contributed by atoms with Crippen molar-refractivity contribution in [3.63, 3.8) is 0 Å². The second-order valence-corrected chi connectivity index (χ2v) is 7.14. The molecular weight excluding hydrogens is 232 g/mol. The average molecular weight is 266 g/mol. The van der Waals surface area contributed by atoms with Gasteiger partial charge in [0, 0.05) is 31.2 Å². The summed E-state index contributed by atoms with van der Waals surface area (Å²) in [6, 6.07) is 2.31. The maximum Gasteiger partial charge on any atom is 0.0221 e. The van der Waals surface area contributed by atoms with E-state index in [9.17, 15) is 0 Å². The topological polar surface area (TPSA) is 15.3 Å². The molecule has 0 radical (unpaired) electrons. The highest BCUT2D eigenvalue weighted by Crippen LogP contribution is 2.37. The maximum atomic E-state index is 3.81. The summed E-state index contributed by atoms with van der Waals surface area (Å²) in [5.74, 6) is 2.60. The molecular formula is C17H34N2. The summed E-state index contributed by atoms with van der Waals surface area (Å²) in [6.07, 6.45) is 5.43. The molecule has 2 heteroatoms. The largest absolute Gasteiger partial charge is 0.311 e. The number of nitrogens with zero attached hydrogens (tertiary/aromatic N) is 1. The monoisotopic (exact) mass is 266 g/mol. The summed E-state index contributed by atoms with van der Waals surface area (Å²) < 4.78 is 0. The van der Waals surface area contributed by atoms with E-state index in [0.29, 0.717) is 6.04 Å². The summed E-state index contributed by atoms with van der Waals surface area (Å²) in [4.78, 5) is 2.88. The van der Waals surface area contributed by atoms with Crippen LogP contribution in [0.25, 0.3) is 0 Å². The molecule has 0 spiro atoms. The molecule has 1 saturated carbocycles. The minimum atomic E-state index is 0.705. The van der Waals surface area contributed by atoms with Gasteiger partial charge in [-0.3, -0.25) is 4.90 Å². The Hall–Kier alpha value is -0.0800. The third kappa shape index (κ3) is 3.16. The van der Waals surface area contributed by atoms with Gasteiger partial charge in [-0.15, -0.1) is 0 Å². The Bertz CT molecular complexity index is 278. The Labute approximate surface area is 120 Å². The molecule has 2 nitrogen and oxygen atoms in total. The van der Waals surface area contributed by atoms with E-state index in [2.05, 4.69) is 44.8 Å². The zero-order chi connectivity index (χ0) is 14.0. The number of piperazine rings is 1. The van der Waals surface area contributed by atoms with Crippen molar-refractivity contribution in [2.75, 3.05) is 13.1 Å². The molecule has 0 bridgehead atoms. The summed E-state index contributed by atoms with van der Waals surface area (Å²) >= 11 is 0. The van der Waals surface area contributed by atoms with Gasteiger partial charge in [-0.1, -0.05) is 41.0 Å². The van der Waals surface area contributed by atoms with Crippen molar-refractivity contribution >= 4 is 0 Å². The zero-order valence-electron chi connectivity index (χ0n) is 13.7. The van der Waals surface area contributed by atoms with Gasteiger partial charge in [0.25, 0.3) is 0 Å². The fraction of sp³-hybridized carbons (Fsp3) is 1.00. The molecule has 1 saturated heterocycles. The predicted octanol–water partition coefficient (Wildman–Crippen LogP) is 3.52. The Kier molecular flexibility index (Phi) is 5.30. The quantitative estimate of drug-likeness (QED) is 0.837. The molecule has 0 aromatic rings. The predicted molar refractivity (Wildman–Crippen MR) is 83.4 cm³/mol. The van der Waals surface area contributed by atoms with Crippen LogP contribution in [-0.2, 0) is 0 Å². The average Bonchev–Trinajstić information content (AvgIpc) is 2.77. The Morgan fingerprint density at radius 2 is 1.95 bits per heavy atom.